The van der Waals surface area contributed by atoms with Gasteiger partial charge >= 0.3 is 0 Å². The standard InChI is InChI=1S/C21H29F3N2O2/c1-3-15-11-26(20(28)16-5-4-14(2)10-18(16)22)19(13-27)17(15)12-25-8-6-21(23,24)7-9-25/h4-5,10,15,17,19,27H,3,6-9,11-13H2,1-2H3/t15-,17-,19-/m1/s1. The molecule has 0 saturated carbocycles. The molecule has 3 rings (SSSR count). The second kappa shape index (κ2) is 8.41. The number of hydrogen-bond acceptors (Lipinski definition) is 3. The average Bonchev–Trinajstić information content (AvgIpc) is 3.00. The summed E-state index contributed by atoms with van der Waals surface area (Å²) in [5.74, 6) is -3.44. The minimum atomic E-state index is -2.60. The van der Waals surface area contributed by atoms with Gasteiger partial charge in [0.1, 0.15) is 5.82 Å². The smallest absolute Gasteiger partial charge is 0.257 e. The molecular formula is C21H29F3N2O2. The predicted octanol–water partition coefficient (Wildman–Crippen LogP) is 3.32. The Morgan fingerprint density at radius 2 is 1.96 bits per heavy atom. The topological polar surface area (TPSA) is 43.8 Å². The number of halogens is 3. The molecule has 0 aliphatic carbocycles. The van der Waals surface area contributed by atoms with Crippen molar-refractivity contribution in [2.75, 3.05) is 32.8 Å². The highest BCUT2D eigenvalue weighted by atomic mass is 19.3. The lowest BCUT2D eigenvalue weighted by atomic mass is 9.87. The first-order chi connectivity index (χ1) is 13.3. The maximum Gasteiger partial charge on any atom is 0.257 e. The number of nitrogens with zero attached hydrogens (tertiary/aromatic N) is 2. The van der Waals surface area contributed by atoms with Crippen LogP contribution >= 0.6 is 0 Å². The Labute approximate surface area is 164 Å². The first-order valence-corrected chi connectivity index (χ1v) is 10.0. The SMILES string of the molecule is CC[C@@H]1CN(C(=O)c2ccc(C)cc2F)[C@H](CO)[C@@H]1CN1CCC(F)(F)CC1. The number of aliphatic hydroxyl groups excluding tert-OH is 1. The molecule has 3 atom stereocenters. The summed E-state index contributed by atoms with van der Waals surface area (Å²) in [6.45, 7) is 5.22. The van der Waals surface area contributed by atoms with E-state index >= 15 is 0 Å². The van der Waals surface area contributed by atoms with Gasteiger partial charge in [-0.15, -0.1) is 0 Å². The molecule has 1 aromatic carbocycles. The molecule has 0 bridgehead atoms. The van der Waals surface area contributed by atoms with Crippen molar-refractivity contribution in [2.24, 2.45) is 11.8 Å². The molecular weight excluding hydrogens is 369 g/mol. The summed E-state index contributed by atoms with van der Waals surface area (Å²) >= 11 is 0. The summed E-state index contributed by atoms with van der Waals surface area (Å²) in [7, 11) is 0. The minimum Gasteiger partial charge on any atom is -0.394 e. The van der Waals surface area contributed by atoms with Gasteiger partial charge in [0.25, 0.3) is 11.8 Å². The normalized spacial score (nSPS) is 27.9. The zero-order valence-electron chi connectivity index (χ0n) is 16.5. The van der Waals surface area contributed by atoms with E-state index in [1.54, 1.807) is 17.9 Å². The zero-order chi connectivity index (χ0) is 20.5. The van der Waals surface area contributed by atoms with E-state index in [0.717, 1.165) is 12.0 Å². The fourth-order valence-electron chi connectivity index (χ4n) is 4.55. The van der Waals surface area contributed by atoms with Crippen LogP contribution in [-0.4, -0.2) is 65.6 Å². The Bertz CT molecular complexity index is 703. The third kappa shape index (κ3) is 4.35. The molecule has 2 saturated heterocycles. The maximum absolute atomic E-state index is 14.3. The molecule has 7 heteroatoms. The summed E-state index contributed by atoms with van der Waals surface area (Å²) in [6.07, 6.45) is 0.500. The highest BCUT2D eigenvalue weighted by molar-refractivity contribution is 5.95. The Morgan fingerprint density at radius 3 is 2.54 bits per heavy atom. The van der Waals surface area contributed by atoms with Crippen molar-refractivity contribution in [3.05, 3.63) is 35.1 Å². The summed E-state index contributed by atoms with van der Waals surface area (Å²) in [5.41, 5.74) is 0.748. The highest BCUT2D eigenvalue weighted by Gasteiger charge is 2.45. The predicted molar refractivity (Wildman–Crippen MR) is 101 cm³/mol. The highest BCUT2D eigenvalue weighted by Crippen LogP contribution is 2.36. The Kier molecular flexibility index (Phi) is 6.34. The van der Waals surface area contributed by atoms with Gasteiger partial charge in [-0.25, -0.2) is 13.2 Å². The second-order valence-electron chi connectivity index (χ2n) is 8.18. The number of amides is 1. The van der Waals surface area contributed by atoms with Gasteiger partial charge in [0.05, 0.1) is 18.2 Å². The molecule has 1 amide bonds. The Hall–Kier alpha value is -1.60. The van der Waals surface area contributed by atoms with Crippen LogP contribution in [0, 0.1) is 24.6 Å². The van der Waals surface area contributed by atoms with Crippen LogP contribution in [0.2, 0.25) is 0 Å². The molecule has 2 heterocycles. The first kappa shape index (κ1) is 21.1. The lowest BCUT2D eigenvalue weighted by Crippen LogP contribution is -2.46. The number of piperidine rings is 1. The molecule has 28 heavy (non-hydrogen) atoms. The third-order valence-corrected chi connectivity index (χ3v) is 6.32. The zero-order valence-corrected chi connectivity index (χ0v) is 16.5. The number of rotatable bonds is 5. The molecule has 0 aromatic heterocycles. The van der Waals surface area contributed by atoms with Gasteiger partial charge in [-0.3, -0.25) is 4.79 Å². The van der Waals surface area contributed by atoms with E-state index in [4.69, 9.17) is 0 Å². The molecule has 2 aliphatic rings. The van der Waals surface area contributed by atoms with Crippen LogP contribution in [0.5, 0.6) is 0 Å². The van der Waals surface area contributed by atoms with Crippen LogP contribution in [0.15, 0.2) is 18.2 Å². The van der Waals surface area contributed by atoms with E-state index in [1.807, 2.05) is 11.8 Å². The third-order valence-electron chi connectivity index (χ3n) is 6.32. The van der Waals surface area contributed by atoms with Crippen molar-refractivity contribution < 1.29 is 23.1 Å². The van der Waals surface area contributed by atoms with Crippen molar-refractivity contribution in [1.82, 2.24) is 9.80 Å². The molecule has 0 radical (unpaired) electrons. The van der Waals surface area contributed by atoms with Crippen LogP contribution in [-0.2, 0) is 0 Å². The minimum absolute atomic E-state index is 0.0113. The van der Waals surface area contributed by atoms with E-state index < -0.39 is 23.7 Å². The van der Waals surface area contributed by atoms with Crippen LogP contribution in [0.3, 0.4) is 0 Å². The van der Waals surface area contributed by atoms with Gasteiger partial charge < -0.3 is 14.9 Å². The van der Waals surface area contributed by atoms with Crippen LogP contribution in [0.1, 0.15) is 42.1 Å². The fourth-order valence-corrected chi connectivity index (χ4v) is 4.55. The second-order valence-corrected chi connectivity index (χ2v) is 8.18. The number of carbonyl (C=O) groups is 1. The molecule has 0 unspecified atom stereocenters. The monoisotopic (exact) mass is 398 g/mol. The van der Waals surface area contributed by atoms with Crippen LogP contribution in [0.25, 0.3) is 0 Å². The molecule has 1 aromatic rings. The van der Waals surface area contributed by atoms with Gasteiger partial charge in [0, 0.05) is 39.0 Å². The number of likely N-dealkylation sites (tertiary alicyclic amines) is 2. The van der Waals surface area contributed by atoms with E-state index in [1.165, 1.54) is 12.1 Å². The molecule has 2 aliphatic heterocycles. The van der Waals surface area contributed by atoms with Gasteiger partial charge in [-0.1, -0.05) is 19.4 Å². The maximum atomic E-state index is 14.3. The molecule has 4 nitrogen and oxygen atoms in total. The van der Waals surface area contributed by atoms with Gasteiger partial charge in [-0.2, -0.15) is 0 Å². The lowest BCUT2D eigenvalue weighted by Gasteiger charge is -2.36. The number of benzene rings is 1. The quantitative estimate of drug-likeness (QED) is 0.828. The van der Waals surface area contributed by atoms with Crippen LogP contribution < -0.4 is 0 Å². The van der Waals surface area contributed by atoms with Crippen molar-refractivity contribution >= 4 is 5.91 Å². The van der Waals surface area contributed by atoms with Crippen molar-refractivity contribution in [1.29, 1.82) is 0 Å². The van der Waals surface area contributed by atoms with Crippen LogP contribution in [0.4, 0.5) is 13.2 Å². The van der Waals surface area contributed by atoms with Crippen molar-refractivity contribution in [3.63, 3.8) is 0 Å². The molecule has 1 N–H and O–H groups in total. The molecule has 156 valence electrons. The number of hydrogen-bond donors (Lipinski definition) is 1. The van der Waals surface area contributed by atoms with E-state index in [0.29, 0.717) is 26.2 Å². The lowest BCUT2D eigenvalue weighted by molar-refractivity contribution is -0.0591. The number of alkyl halides is 2. The number of carbonyl (C=O) groups excluding carboxylic acids is 1. The van der Waals surface area contributed by atoms with E-state index in [2.05, 4.69) is 0 Å². The largest absolute Gasteiger partial charge is 0.394 e. The van der Waals surface area contributed by atoms with Gasteiger partial charge in [0.2, 0.25) is 0 Å². The number of aryl methyl sites for hydroxylation is 1. The van der Waals surface area contributed by atoms with E-state index in [9.17, 15) is 23.1 Å². The Morgan fingerprint density at radius 1 is 1.29 bits per heavy atom. The van der Waals surface area contributed by atoms with Crippen molar-refractivity contribution in [2.45, 2.75) is 45.1 Å². The summed E-state index contributed by atoms with van der Waals surface area (Å²) < 4.78 is 41.2. The summed E-state index contributed by atoms with van der Waals surface area (Å²) in [6, 6.07) is 4.09. The molecule has 2 fully saturated rings. The van der Waals surface area contributed by atoms with Gasteiger partial charge in [-0.05, 0) is 36.5 Å². The van der Waals surface area contributed by atoms with E-state index in [-0.39, 0.29) is 36.8 Å². The Balaban J connectivity index is 1.76. The molecule has 0 spiro atoms. The average molecular weight is 398 g/mol. The van der Waals surface area contributed by atoms with Crippen molar-refractivity contribution in [3.8, 4) is 0 Å². The fraction of sp³-hybridized carbons (Fsp3) is 0.667. The first-order valence-electron chi connectivity index (χ1n) is 10.0. The summed E-state index contributed by atoms with van der Waals surface area (Å²) in [4.78, 5) is 16.6. The van der Waals surface area contributed by atoms with Gasteiger partial charge in [0.15, 0.2) is 0 Å². The summed E-state index contributed by atoms with van der Waals surface area (Å²) in [5, 5.41) is 10.0. The number of aliphatic hydroxyl groups is 1.